The van der Waals surface area contributed by atoms with Gasteiger partial charge in [0, 0.05) is 24.2 Å². The number of hydrogen-bond acceptors (Lipinski definition) is 5. The molecule has 5 nitrogen and oxygen atoms in total. The fourth-order valence-corrected chi connectivity index (χ4v) is 3.01. The maximum absolute atomic E-state index is 5.82. The Kier molecular flexibility index (Phi) is 3.38. The molecular weight excluding hydrogens is 290 g/mol. The van der Waals surface area contributed by atoms with Crippen molar-refractivity contribution in [1.82, 2.24) is 10.3 Å². The van der Waals surface area contributed by atoms with Crippen LogP contribution in [-0.4, -0.2) is 30.8 Å². The fourth-order valence-electron chi connectivity index (χ4n) is 3.01. The molecule has 0 atom stereocenters. The van der Waals surface area contributed by atoms with Gasteiger partial charge in [-0.1, -0.05) is 6.07 Å². The second kappa shape index (κ2) is 5.42. The summed E-state index contributed by atoms with van der Waals surface area (Å²) in [5, 5.41) is 3.58. The van der Waals surface area contributed by atoms with Crippen LogP contribution >= 0.6 is 0 Å². The van der Waals surface area contributed by atoms with Crippen LogP contribution in [0.1, 0.15) is 18.4 Å². The van der Waals surface area contributed by atoms with Gasteiger partial charge in [-0.25, -0.2) is 4.98 Å². The lowest BCUT2D eigenvalue weighted by Crippen LogP contribution is -2.24. The van der Waals surface area contributed by atoms with Gasteiger partial charge in [0.2, 0.25) is 5.88 Å². The topological polar surface area (TPSA) is 46.6 Å². The van der Waals surface area contributed by atoms with E-state index in [0.29, 0.717) is 11.4 Å². The third-order valence-electron chi connectivity index (χ3n) is 4.68. The molecule has 4 rings (SSSR count). The van der Waals surface area contributed by atoms with Gasteiger partial charge in [-0.05, 0) is 37.5 Å². The van der Waals surface area contributed by atoms with Crippen molar-refractivity contribution in [3.63, 3.8) is 0 Å². The monoisotopic (exact) mass is 311 g/mol. The predicted octanol–water partition coefficient (Wildman–Crippen LogP) is 3.09. The molecule has 1 saturated carbocycles. The third kappa shape index (κ3) is 2.84. The minimum Gasteiger partial charge on any atom is -0.496 e. The van der Waals surface area contributed by atoms with Gasteiger partial charge in [-0.3, -0.25) is 5.32 Å². The van der Waals surface area contributed by atoms with Crippen LogP contribution < -0.4 is 19.7 Å². The SMILES string of the molecule is COc1cc(Oc2ccc(N3CNC4(CC4)C3)cn2)ccc1C. The average molecular weight is 311 g/mol. The smallest absolute Gasteiger partial charge is 0.219 e. The van der Waals surface area contributed by atoms with Crippen LogP contribution in [0.15, 0.2) is 36.5 Å². The Labute approximate surface area is 136 Å². The maximum Gasteiger partial charge on any atom is 0.219 e. The highest BCUT2D eigenvalue weighted by atomic mass is 16.5. The van der Waals surface area contributed by atoms with E-state index >= 15 is 0 Å². The summed E-state index contributed by atoms with van der Waals surface area (Å²) in [6.07, 6.45) is 4.45. The summed E-state index contributed by atoms with van der Waals surface area (Å²) in [5.41, 5.74) is 2.60. The summed E-state index contributed by atoms with van der Waals surface area (Å²) < 4.78 is 11.1. The number of aromatic nitrogens is 1. The molecule has 0 bridgehead atoms. The number of methoxy groups -OCH3 is 1. The highest BCUT2D eigenvalue weighted by molar-refractivity contribution is 5.48. The fraction of sp³-hybridized carbons (Fsp3) is 0.389. The van der Waals surface area contributed by atoms with E-state index in [1.165, 1.54) is 12.8 Å². The van der Waals surface area contributed by atoms with Gasteiger partial charge >= 0.3 is 0 Å². The van der Waals surface area contributed by atoms with Crippen molar-refractivity contribution in [3.8, 4) is 17.4 Å². The summed E-state index contributed by atoms with van der Waals surface area (Å²) in [5.74, 6) is 2.14. The second-order valence-electron chi connectivity index (χ2n) is 6.40. The van der Waals surface area contributed by atoms with Crippen molar-refractivity contribution in [2.45, 2.75) is 25.3 Å². The molecule has 2 fully saturated rings. The van der Waals surface area contributed by atoms with Crippen molar-refractivity contribution in [2.24, 2.45) is 0 Å². The Hall–Kier alpha value is -2.27. The van der Waals surface area contributed by atoms with E-state index in [1.807, 2.05) is 37.4 Å². The number of nitrogens with zero attached hydrogens (tertiary/aromatic N) is 2. The molecular formula is C18H21N3O2. The van der Waals surface area contributed by atoms with Crippen LogP contribution in [0, 0.1) is 6.92 Å². The van der Waals surface area contributed by atoms with Gasteiger partial charge in [0.15, 0.2) is 0 Å². The first-order valence-electron chi connectivity index (χ1n) is 7.96. The summed E-state index contributed by atoms with van der Waals surface area (Å²) in [7, 11) is 1.66. The van der Waals surface area contributed by atoms with Crippen molar-refractivity contribution in [3.05, 3.63) is 42.1 Å². The number of anilines is 1. The van der Waals surface area contributed by atoms with Crippen LogP contribution in [0.3, 0.4) is 0 Å². The normalized spacial score (nSPS) is 18.3. The van der Waals surface area contributed by atoms with Crippen LogP contribution in [0.5, 0.6) is 17.4 Å². The zero-order valence-electron chi connectivity index (χ0n) is 13.5. The molecule has 5 heteroatoms. The van der Waals surface area contributed by atoms with E-state index in [9.17, 15) is 0 Å². The van der Waals surface area contributed by atoms with Gasteiger partial charge in [0.25, 0.3) is 0 Å². The van der Waals surface area contributed by atoms with E-state index in [2.05, 4.69) is 21.3 Å². The van der Waals surface area contributed by atoms with Crippen LogP contribution in [0.2, 0.25) is 0 Å². The number of aryl methyl sites for hydroxylation is 1. The van der Waals surface area contributed by atoms with Gasteiger partial charge in [-0.15, -0.1) is 0 Å². The summed E-state index contributed by atoms with van der Waals surface area (Å²) in [6.45, 7) is 3.98. The van der Waals surface area contributed by atoms with Gasteiger partial charge in [0.1, 0.15) is 11.5 Å². The largest absolute Gasteiger partial charge is 0.496 e. The van der Waals surface area contributed by atoms with E-state index in [1.54, 1.807) is 7.11 Å². The zero-order valence-corrected chi connectivity index (χ0v) is 13.5. The van der Waals surface area contributed by atoms with E-state index in [0.717, 1.165) is 36.0 Å². The molecule has 23 heavy (non-hydrogen) atoms. The lowest BCUT2D eigenvalue weighted by Gasteiger charge is -2.17. The van der Waals surface area contributed by atoms with Crippen molar-refractivity contribution < 1.29 is 9.47 Å². The van der Waals surface area contributed by atoms with Gasteiger partial charge in [-0.2, -0.15) is 0 Å². The molecule has 1 aliphatic carbocycles. The lowest BCUT2D eigenvalue weighted by atomic mass is 10.2. The minimum atomic E-state index is 0.383. The van der Waals surface area contributed by atoms with E-state index < -0.39 is 0 Å². The number of hydrogen-bond donors (Lipinski definition) is 1. The first-order valence-corrected chi connectivity index (χ1v) is 7.96. The quantitative estimate of drug-likeness (QED) is 0.940. The molecule has 0 amide bonds. The Morgan fingerprint density at radius 3 is 2.74 bits per heavy atom. The molecule has 2 heterocycles. The molecule has 1 aromatic carbocycles. The van der Waals surface area contributed by atoms with Crippen molar-refractivity contribution >= 4 is 5.69 Å². The van der Waals surface area contributed by atoms with E-state index in [-0.39, 0.29) is 0 Å². The Morgan fingerprint density at radius 1 is 1.22 bits per heavy atom. The first kappa shape index (κ1) is 14.3. The molecule has 1 N–H and O–H groups in total. The molecule has 1 spiro atoms. The summed E-state index contributed by atoms with van der Waals surface area (Å²) >= 11 is 0. The van der Waals surface area contributed by atoms with Crippen molar-refractivity contribution in [2.75, 3.05) is 25.2 Å². The van der Waals surface area contributed by atoms with Crippen LogP contribution in [0.25, 0.3) is 0 Å². The first-order chi connectivity index (χ1) is 11.2. The minimum absolute atomic E-state index is 0.383. The highest BCUT2D eigenvalue weighted by Gasteiger charge is 2.47. The third-order valence-corrected chi connectivity index (χ3v) is 4.68. The van der Waals surface area contributed by atoms with E-state index in [4.69, 9.17) is 9.47 Å². The Balaban J connectivity index is 1.46. The van der Waals surface area contributed by atoms with Gasteiger partial charge < -0.3 is 14.4 Å². The number of ether oxygens (including phenoxy) is 2. The highest BCUT2D eigenvalue weighted by Crippen LogP contribution is 2.40. The molecule has 1 saturated heterocycles. The molecule has 2 aromatic rings. The molecule has 1 aromatic heterocycles. The standard InChI is InChI=1S/C18H21N3O2/c1-13-3-5-15(9-16(13)22-2)23-17-6-4-14(10-19-17)21-11-18(7-8-18)20-12-21/h3-6,9-10,20H,7-8,11-12H2,1-2H3. The maximum atomic E-state index is 5.82. The molecule has 1 aliphatic heterocycles. The lowest BCUT2D eigenvalue weighted by molar-refractivity contribution is 0.404. The Bertz CT molecular complexity index is 711. The molecule has 120 valence electrons. The summed E-state index contributed by atoms with van der Waals surface area (Å²) in [4.78, 5) is 6.76. The Morgan fingerprint density at radius 2 is 2.09 bits per heavy atom. The summed E-state index contributed by atoms with van der Waals surface area (Å²) in [6, 6.07) is 9.77. The van der Waals surface area contributed by atoms with Gasteiger partial charge in [0.05, 0.1) is 25.7 Å². The molecule has 0 radical (unpaired) electrons. The van der Waals surface area contributed by atoms with Crippen LogP contribution in [0.4, 0.5) is 5.69 Å². The predicted molar refractivity (Wildman–Crippen MR) is 89.4 cm³/mol. The number of rotatable bonds is 4. The second-order valence-corrected chi connectivity index (χ2v) is 6.40. The molecule has 2 aliphatic rings. The number of pyridine rings is 1. The van der Waals surface area contributed by atoms with Crippen molar-refractivity contribution in [1.29, 1.82) is 0 Å². The molecule has 0 unspecified atom stereocenters. The zero-order chi connectivity index (χ0) is 15.9. The van der Waals surface area contributed by atoms with Crippen LogP contribution in [-0.2, 0) is 0 Å². The average Bonchev–Trinajstić information content (AvgIpc) is 3.19. The number of benzene rings is 1. The number of nitrogens with one attached hydrogen (secondary N) is 1.